The van der Waals surface area contributed by atoms with Crippen LogP contribution < -0.4 is 15.4 Å². The molecule has 8 heteroatoms. The molecule has 0 N–H and O–H groups in total. The van der Waals surface area contributed by atoms with Gasteiger partial charge < -0.3 is 9.80 Å². The Labute approximate surface area is 153 Å². The lowest BCUT2D eigenvalue weighted by molar-refractivity contribution is 0.101. The van der Waals surface area contributed by atoms with Crippen LogP contribution in [0.15, 0.2) is 33.7 Å². The second kappa shape index (κ2) is 6.95. The Morgan fingerprint density at radius 1 is 1.16 bits per heavy atom. The molecule has 1 aromatic heterocycles. The van der Waals surface area contributed by atoms with Gasteiger partial charge in [0.25, 0.3) is 5.56 Å². The van der Waals surface area contributed by atoms with E-state index >= 15 is 0 Å². The minimum absolute atomic E-state index is 0.154. The molecular weight excluding hydrogens is 391 g/mol. The third-order valence-electron chi connectivity index (χ3n) is 4.38. The van der Waals surface area contributed by atoms with Crippen molar-refractivity contribution in [2.24, 2.45) is 7.05 Å². The van der Waals surface area contributed by atoms with Crippen molar-refractivity contribution in [2.75, 3.05) is 36.0 Å². The van der Waals surface area contributed by atoms with Crippen molar-refractivity contribution in [3.8, 4) is 0 Å². The number of nitrogens with zero attached hydrogens (tertiary/aromatic N) is 4. The highest BCUT2D eigenvalue weighted by molar-refractivity contribution is 9.10. The lowest BCUT2D eigenvalue weighted by Gasteiger charge is -2.37. The largest absolute Gasteiger partial charge is 0.366 e. The molecule has 0 saturated carbocycles. The van der Waals surface area contributed by atoms with Crippen LogP contribution in [0, 0.1) is 5.82 Å². The smallest absolute Gasteiger partial charge is 0.282 e. The average molecular weight is 409 g/mol. The molecule has 0 amide bonds. The Bertz CT molecular complexity index is 875. The summed E-state index contributed by atoms with van der Waals surface area (Å²) in [6.45, 7) is 3.92. The second-order valence-corrected chi connectivity index (χ2v) is 6.76. The third kappa shape index (κ3) is 3.44. The van der Waals surface area contributed by atoms with E-state index in [4.69, 9.17) is 0 Å². The lowest BCUT2D eigenvalue weighted by Crippen LogP contribution is -2.47. The molecule has 1 saturated heterocycles. The van der Waals surface area contributed by atoms with Crippen LogP contribution in [0.5, 0.6) is 0 Å². The van der Waals surface area contributed by atoms with E-state index in [1.54, 1.807) is 25.4 Å². The zero-order valence-corrected chi connectivity index (χ0v) is 15.6. The Kier molecular flexibility index (Phi) is 4.89. The number of ketones is 1. The van der Waals surface area contributed by atoms with Crippen molar-refractivity contribution in [2.45, 2.75) is 6.92 Å². The standard InChI is InChI=1S/C17H18BrFN4O2/c1-11(24)12-3-4-14(13(19)9-12)22-5-7-23(8-6-22)15-10-20-21(2)17(25)16(15)18/h3-4,9-10H,5-8H2,1-2H3. The van der Waals surface area contributed by atoms with E-state index in [1.165, 1.54) is 17.7 Å². The maximum absolute atomic E-state index is 14.3. The molecule has 0 bridgehead atoms. The fraction of sp³-hybridized carbons (Fsp3) is 0.353. The number of carbonyl (C=O) groups is 1. The van der Waals surface area contributed by atoms with E-state index in [0.29, 0.717) is 41.9 Å². The van der Waals surface area contributed by atoms with Gasteiger partial charge in [0.05, 0.1) is 17.6 Å². The zero-order chi connectivity index (χ0) is 18.1. The molecule has 6 nitrogen and oxygen atoms in total. The SMILES string of the molecule is CC(=O)c1ccc(N2CCN(c3cnn(C)c(=O)c3Br)CC2)c(F)c1. The highest BCUT2D eigenvalue weighted by Gasteiger charge is 2.22. The molecule has 2 aromatic rings. The average Bonchev–Trinajstić information content (AvgIpc) is 2.60. The molecule has 1 aliphatic rings. The van der Waals surface area contributed by atoms with Gasteiger partial charge in [-0.3, -0.25) is 9.59 Å². The summed E-state index contributed by atoms with van der Waals surface area (Å²) in [6, 6.07) is 4.58. The molecule has 3 rings (SSSR count). The number of Topliss-reactive ketones (excluding diaryl/α,β-unsaturated/α-hetero) is 1. The van der Waals surface area contributed by atoms with Crippen molar-refractivity contribution in [3.63, 3.8) is 0 Å². The number of anilines is 2. The molecule has 0 atom stereocenters. The highest BCUT2D eigenvalue weighted by Crippen LogP contribution is 2.26. The number of piperazine rings is 1. The van der Waals surface area contributed by atoms with Crippen LogP contribution in [0.4, 0.5) is 15.8 Å². The van der Waals surface area contributed by atoms with Gasteiger partial charge in [-0.05, 0) is 41.1 Å². The van der Waals surface area contributed by atoms with Gasteiger partial charge in [-0.2, -0.15) is 5.10 Å². The summed E-state index contributed by atoms with van der Waals surface area (Å²) in [4.78, 5) is 27.3. The summed E-state index contributed by atoms with van der Waals surface area (Å²) in [7, 11) is 1.60. The number of halogens is 2. The van der Waals surface area contributed by atoms with E-state index in [1.807, 2.05) is 4.90 Å². The van der Waals surface area contributed by atoms with Gasteiger partial charge in [-0.15, -0.1) is 0 Å². The summed E-state index contributed by atoms with van der Waals surface area (Å²) in [5.41, 5.74) is 1.42. The summed E-state index contributed by atoms with van der Waals surface area (Å²) >= 11 is 3.34. The van der Waals surface area contributed by atoms with Crippen LogP contribution in [0.2, 0.25) is 0 Å². The van der Waals surface area contributed by atoms with Crippen LogP contribution in [0.3, 0.4) is 0 Å². The van der Waals surface area contributed by atoms with Crippen LogP contribution in [0.1, 0.15) is 17.3 Å². The van der Waals surface area contributed by atoms with Crippen LogP contribution in [0.25, 0.3) is 0 Å². The van der Waals surface area contributed by atoms with Gasteiger partial charge in [0.2, 0.25) is 0 Å². The summed E-state index contributed by atoms with van der Waals surface area (Å²) in [5, 5.41) is 4.06. The highest BCUT2D eigenvalue weighted by atomic mass is 79.9. The number of hydrogen-bond acceptors (Lipinski definition) is 5. The first-order chi connectivity index (χ1) is 11.9. The quantitative estimate of drug-likeness (QED) is 0.728. The summed E-state index contributed by atoms with van der Waals surface area (Å²) in [6.07, 6.45) is 1.66. The molecule has 1 fully saturated rings. The maximum Gasteiger partial charge on any atom is 0.282 e. The molecule has 0 spiro atoms. The third-order valence-corrected chi connectivity index (χ3v) is 5.12. The van der Waals surface area contributed by atoms with Crippen molar-refractivity contribution < 1.29 is 9.18 Å². The summed E-state index contributed by atoms with van der Waals surface area (Å²) in [5.74, 6) is -0.546. The molecular formula is C17H18BrFN4O2. The first-order valence-electron chi connectivity index (χ1n) is 7.90. The monoisotopic (exact) mass is 408 g/mol. The predicted molar refractivity (Wildman–Crippen MR) is 98.0 cm³/mol. The maximum atomic E-state index is 14.3. The zero-order valence-electron chi connectivity index (χ0n) is 14.0. The van der Waals surface area contributed by atoms with Gasteiger partial charge in [0.1, 0.15) is 10.3 Å². The molecule has 0 unspecified atom stereocenters. The van der Waals surface area contributed by atoms with Gasteiger partial charge in [0.15, 0.2) is 5.78 Å². The van der Waals surface area contributed by atoms with Crippen LogP contribution in [-0.4, -0.2) is 41.7 Å². The molecule has 132 valence electrons. The summed E-state index contributed by atoms with van der Waals surface area (Å²) < 4.78 is 16.1. The van der Waals surface area contributed by atoms with E-state index in [2.05, 4.69) is 25.9 Å². The van der Waals surface area contributed by atoms with E-state index in [-0.39, 0.29) is 11.3 Å². The number of aromatic nitrogens is 2. The second-order valence-electron chi connectivity index (χ2n) is 5.97. The first-order valence-corrected chi connectivity index (χ1v) is 8.70. The minimum atomic E-state index is -0.391. The fourth-order valence-corrected chi connectivity index (χ4v) is 3.50. The number of hydrogen-bond donors (Lipinski definition) is 0. The van der Waals surface area contributed by atoms with Gasteiger partial charge in [0, 0.05) is 38.8 Å². The normalized spacial score (nSPS) is 14.7. The Morgan fingerprint density at radius 2 is 1.76 bits per heavy atom. The van der Waals surface area contributed by atoms with Gasteiger partial charge in [-0.1, -0.05) is 0 Å². The van der Waals surface area contributed by atoms with E-state index < -0.39 is 5.82 Å². The minimum Gasteiger partial charge on any atom is -0.366 e. The Balaban J connectivity index is 1.75. The molecule has 0 radical (unpaired) electrons. The Hall–Kier alpha value is -2.22. The van der Waals surface area contributed by atoms with Crippen molar-refractivity contribution in [1.82, 2.24) is 9.78 Å². The van der Waals surface area contributed by atoms with E-state index in [9.17, 15) is 14.0 Å². The molecule has 2 heterocycles. The topological polar surface area (TPSA) is 58.4 Å². The van der Waals surface area contributed by atoms with Crippen molar-refractivity contribution in [3.05, 3.63) is 50.6 Å². The number of aryl methyl sites for hydroxylation is 1. The molecule has 1 aromatic carbocycles. The first kappa shape index (κ1) is 17.6. The van der Waals surface area contributed by atoms with Crippen LogP contribution in [-0.2, 0) is 7.05 Å². The number of benzene rings is 1. The number of rotatable bonds is 3. The van der Waals surface area contributed by atoms with Crippen molar-refractivity contribution in [1.29, 1.82) is 0 Å². The van der Waals surface area contributed by atoms with E-state index in [0.717, 1.165) is 5.69 Å². The predicted octanol–water partition coefficient (Wildman–Crippen LogP) is 2.21. The molecule has 25 heavy (non-hydrogen) atoms. The van der Waals surface area contributed by atoms with Gasteiger partial charge in [-0.25, -0.2) is 9.07 Å². The van der Waals surface area contributed by atoms with Crippen molar-refractivity contribution >= 4 is 33.1 Å². The van der Waals surface area contributed by atoms with Gasteiger partial charge >= 0.3 is 0 Å². The van der Waals surface area contributed by atoms with Crippen LogP contribution >= 0.6 is 15.9 Å². The Morgan fingerprint density at radius 3 is 2.32 bits per heavy atom. The number of carbonyl (C=O) groups excluding carboxylic acids is 1. The lowest BCUT2D eigenvalue weighted by atomic mass is 10.1. The molecule has 0 aliphatic carbocycles. The molecule has 1 aliphatic heterocycles. The fourth-order valence-electron chi connectivity index (χ4n) is 2.89.